The first-order chi connectivity index (χ1) is 13.6. The first-order valence-electron chi connectivity index (χ1n) is 10.1. The molecule has 0 radical (unpaired) electrons. The fraction of sp³-hybridized carbons (Fsp3) is 0.667. The van der Waals surface area contributed by atoms with Gasteiger partial charge < -0.3 is 15.4 Å². The molecular formula is C21H37IN4O3S. The highest BCUT2D eigenvalue weighted by molar-refractivity contribution is 14.0. The van der Waals surface area contributed by atoms with Crippen molar-refractivity contribution in [2.24, 2.45) is 16.3 Å². The summed E-state index contributed by atoms with van der Waals surface area (Å²) in [6, 6.07) is 7.04. The van der Waals surface area contributed by atoms with Gasteiger partial charge in [0.2, 0.25) is 10.0 Å². The molecule has 2 atom stereocenters. The minimum absolute atomic E-state index is 0. The number of nitrogens with zero attached hydrogens (tertiary/aromatic N) is 2. The van der Waals surface area contributed by atoms with Crippen LogP contribution in [-0.2, 0) is 21.3 Å². The number of ether oxygens (including phenoxy) is 1. The van der Waals surface area contributed by atoms with Crippen molar-refractivity contribution in [2.75, 3.05) is 34.3 Å². The third kappa shape index (κ3) is 7.06. The Morgan fingerprint density at radius 1 is 1.23 bits per heavy atom. The molecule has 0 saturated carbocycles. The van der Waals surface area contributed by atoms with Gasteiger partial charge >= 0.3 is 0 Å². The van der Waals surface area contributed by atoms with Crippen LogP contribution in [0.3, 0.4) is 0 Å². The summed E-state index contributed by atoms with van der Waals surface area (Å²) in [6.45, 7) is 8.59. The molecule has 2 unspecified atom stereocenters. The highest BCUT2D eigenvalue weighted by Gasteiger charge is 2.35. The number of guanidine groups is 1. The summed E-state index contributed by atoms with van der Waals surface area (Å²) in [5.74, 6) is 1.06. The lowest BCUT2D eigenvalue weighted by Gasteiger charge is -2.40. The average molecular weight is 553 g/mol. The molecule has 2 rings (SSSR count). The molecular weight excluding hydrogens is 515 g/mol. The van der Waals surface area contributed by atoms with E-state index in [0.29, 0.717) is 28.9 Å². The fourth-order valence-corrected chi connectivity index (χ4v) is 4.85. The predicted molar refractivity (Wildman–Crippen MR) is 133 cm³/mol. The van der Waals surface area contributed by atoms with Gasteiger partial charge in [0.15, 0.2) is 5.96 Å². The van der Waals surface area contributed by atoms with E-state index in [1.54, 1.807) is 19.2 Å². The monoisotopic (exact) mass is 552 g/mol. The van der Waals surface area contributed by atoms with Gasteiger partial charge in [-0.25, -0.2) is 12.7 Å². The van der Waals surface area contributed by atoms with E-state index in [0.717, 1.165) is 26.0 Å². The van der Waals surface area contributed by atoms with E-state index in [-0.39, 0.29) is 35.5 Å². The standard InChI is InChI=1S/C21H36N4O3S.HI/c1-21(2,3)19-17(11-9-13-28-19)15-24-20(22-4)23-14-16-10-7-8-12-18(16)29(26,27)25(5)6;/h7-8,10,12,17,19H,9,11,13-15H2,1-6H3,(H2,22,23,24);1H. The van der Waals surface area contributed by atoms with Crippen LogP contribution in [0.2, 0.25) is 0 Å². The molecule has 172 valence electrons. The van der Waals surface area contributed by atoms with Gasteiger partial charge in [0.25, 0.3) is 0 Å². The maximum absolute atomic E-state index is 12.6. The zero-order valence-corrected chi connectivity index (χ0v) is 22.1. The second-order valence-corrected chi connectivity index (χ2v) is 10.9. The molecule has 1 heterocycles. The Bertz CT molecular complexity index is 807. The molecule has 1 aliphatic rings. The first-order valence-corrected chi connectivity index (χ1v) is 11.6. The third-order valence-corrected chi connectivity index (χ3v) is 7.15. The Balaban J connectivity index is 0.00000450. The predicted octanol–water partition coefficient (Wildman–Crippen LogP) is 3.06. The Hall–Kier alpha value is -0.910. The number of hydrogen-bond donors (Lipinski definition) is 2. The second-order valence-electron chi connectivity index (χ2n) is 8.76. The summed E-state index contributed by atoms with van der Waals surface area (Å²) in [5.41, 5.74) is 0.793. The highest BCUT2D eigenvalue weighted by atomic mass is 127. The van der Waals surface area contributed by atoms with Gasteiger partial charge in [0, 0.05) is 46.8 Å². The number of rotatable bonds is 6. The van der Waals surface area contributed by atoms with Crippen molar-refractivity contribution >= 4 is 40.0 Å². The van der Waals surface area contributed by atoms with Gasteiger partial charge in [-0.1, -0.05) is 39.0 Å². The summed E-state index contributed by atoms with van der Waals surface area (Å²) in [5, 5.41) is 6.64. The van der Waals surface area contributed by atoms with Crippen LogP contribution in [0.5, 0.6) is 0 Å². The molecule has 1 aromatic carbocycles. The number of benzene rings is 1. The highest BCUT2D eigenvalue weighted by Crippen LogP contribution is 2.33. The van der Waals surface area contributed by atoms with Crippen LogP contribution in [0.15, 0.2) is 34.2 Å². The maximum Gasteiger partial charge on any atom is 0.242 e. The lowest BCUT2D eigenvalue weighted by molar-refractivity contribution is -0.0835. The molecule has 0 amide bonds. The molecule has 30 heavy (non-hydrogen) atoms. The molecule has 0 aliphatic carbocycles. The van der Waals surface area contributed by atoms with Crippen LogP contribution in [0.25, 0.3) is 0 Å². The van der Waals surface area contributed by atoms with E-state index in [1.165, 1.54) is 18.4 Å². The molecule has 1 aliphatic heterocycles. The molecule has 0 aromatic heterocycles. The minimum Gasteiger partial charge on any atom is -0.377 e. The van der Waals surface area contributed by atoms with Gasteiger partial charge in [0.1, 0.15) is 0 Å². The van der Waals surface area contributed by atoms with Crippen molar-refractivity contribution in [3.63, 3.8) is 0 Å². The molecule has 9 heteroatoms. The maximum atomic E-state index is 12.6. The van der Waals surface area contributed by atoms with Crippen LogP contribution in [0, 0.1) is 11.3 Å². The smallest absolute Gasteiger partial charge is 0.242 e. The Kier molecular flexibility index (Phi) is 10.5. The molecule has 2 N–H and O–H groups in total. The summed E-state index contributed by atoms with van der Waals surface area (Å²) >= 11 is 0. The third-order valence-electron chi connectivity index (χ3n) is 5.23. The van der Waals surface area contributed by atoms with Crippen molar-refractivity contribution in [3.05, 3.63) is 29.8 Å². The molecule has 0 bridgehead atoms. The number of sulfonamides is 1. The molecule has 0 spiro atoms. The van der Waals surface area contributed by atoms with Gasteiger partial charge in [-0.05, 0) is 29.9 Å². The first kappa shape index (κ1) is 27.1. The molecule has 1 fully saturated rings. The van der Waals surface area contributed by atoms with Gasteiger partial charge in [0.05, 0.1) is 11.0 Å². The zero-order chi connectivity index (χ0) is 21.7. The van der Waals surface area contributed by atoms with E-state index in [9.17, 15) is 8.42 Å². The average Bonchev–Trinajstić information content (AvgIpc) is 2.67. The lowest BCUT2D eigenvalue weighted by Crippen LogP contribution is -2.47. The quantitative estimate of drug-likeness (QED) is 0.322. The Morgan fingerprint density at radius 3 is 2.50 bits per heavy atom. The number of aliphatic imine (C=N–C) groups is 1. The van der Waals surface area contributed by atoms with Crippen LogP contribution in [0.4, 0.5) is 0 Å². The molecule has 1 aromatic rings. The molecule has 7 nitrogen and oxygen atoms in total. The second kappa shape index (κ2) is 11.6. The van der Waals surface area contributed by atoms with E-state index >= 15 is 0 Å². The van der Waals surface area contributed by atoms with E-state index < -0.39 is 10.0 Å². The van der Waals surface area contributed by atoms with Crippen molar-refractivity contribution in [3.8, 4) is 0 Å². The van der Waals surface area contributed by atoms with Gasteiger partial charge in [-0.2, -0.15) is 0 Å². The zero-order valence-electron chi connectivity index (χ0n) is 18.9. The van der Waals surface area contributed by atoms with Crippen LogP contribution < -0.4 is 10.6 Å². The van der Waals surface area contributed by atoms with Crippen LogP contribution in [-0.4, -0.2) is 59.1 Å². The molecule has 1 saturated heterocycles. The lowest BCUT2D eigenvalue weighted by atomic mass is 9.78. The summed E-state index contributed by atoms with van der Waals surface area (Å²) < 4.78 is 32.4. The van der Waals surface area contributed by atoms with Crippen molar-refractivity contribution < 1.29 is 13.2 Å². The number of hydrogen-bond acceptors (Lipinski definition) is 4. The van der Waals surface area contributed by atoms with Crippen molar-refractivity contribution in [2.45, 2.75) is 51.2 Å². The summed E-state index contributed by atoms with van der Waals surface area (Å²) in [4.78, 5) is 4.60. The van der Waals surface area contributed by atoms with Crippen LogP contribution >= 0.6 is 24.0 Å². The van der Waals surface area contributed by atoms with E-state index in [4.69, 9.17) is 4.74 Å². The minimum atomic E-state index is -3.50. The van der Waals surface area contributed by atoms with Crippen molar-refractivity contribution in [1.29, 1.82) is 0 Å². The topological polar surface area (TPSA) is 83.0 Å². The largest absolute Gasteiger partial charge is 0.377 e. The van der Waals surface area contributed by atoms with Gasteiger partial charge in [-0.3, -0.25) is 4.99 Å². The SMILES string of the molecule is CN=C(NCc1ccccc1S(=O)(=O)N(C)C)NCC1CCCOC1C(C)(C)C.I. The van der Waals surface area contributed by atoms with E-state index in [2.05, 4.69) is 36.4 Å². The number of nitrogens with one attached hydrogen (secondary N) is 2. The van der Waals surface area contributed by atoms with Crippen molar-refractivity contribution in [1.82, 2.24) is 14.9 Å². The summed E-state index contributed by atoms with van der Waals surface area (Å²) in [6.07, 6.45) is 2.39. The summed E-state index contributed by atoms with van der Waals surface area (Å²) in [7, 11) is 1.30. The Morgan fingerprint density at radius 2 is 1.90 bits per heavy atom. The number of halogens is 1. The fourth-order valence-electron chi connectivity index (χ4n) is 3.74. The van der Waals surface area contributed by atoms with Crippen LogP contribution in [0.1, 0.15) is 39.2 Å². The Labute approximate surface area is 199 Å². The van der Waals surface area contributed by atoms with E-state index in [1.807, 2.05) is 12.1 Å². The van der Waals surface area contributed by atoms with Gasteiger partial charge in [-0.15, -0.1) is 24.0 Å². The normalized spacial score (nSPS) is 20.6.